The van der Waals surface area contributed by atoms with Gasteiger partial charge in [0, 0.05) is 25.8 Å². The highest BCUT2D eigenvalue weighted by atomic mass is 15.1. The summed E-state index contributed by atoms with van der Waals surface area (Å²) in [6.45, 7) is 11.9. The molecule has 1 rings (SSSR count). The molecular formula is C14H25N3. The Bertz CT molecular complexity index is 312. The van der Waals surface area contributed by atoms with Crippen molar-refractivity contribution in [3.05, 3.63) is 29.6 Å². The zero-order chi connectivity index (χ0) is 12.5. The summed E-state index contributed by atoms with van der Waals surface area (Å²) < 4.78 is 0. The van der Waals surface area contributed by atoms with Gasteiger partial charge in [0.05, 0.1) is 5.69 Å². The van der Waals surface area contributed by atoms with Crippen LogP contribution in [-0.4, -0.2) is 36.1 Å². The predicted molar refractivity (Wildman–Crippen MR) is 73.1 cm³/mol. The average molecular weight is 235 g/mol. The first kappa shape index (κ1) is 14.1. The van der Waals surface area contributed by atoms with Gasteiger partial charge in [-0.3, -0.25) is 4.98 Å². The number of aromatic nitrogens is 1. The van der Waals surface area contributed by atoms with E-state index in [0.29, 0.717) is 0 Å². The number of nitrogens with one attached hydrogen (secondary N) is 1. The molecule has 3 nitrogen and oxygen atoms in total. The Morgan fingerprint density at radius 2 is 2.12 bits per heavy atom. The van der Waals surface area contributed by atoms with E-state index in [1.165, 1.54) is 18.5 Å². The first-order valence-electron chi connectivity index (χ1n) is 6.61. The van der Waals surface area contributed by atoms with Crippen molar-refractivity contribution >= 4 is 0 Å². The number of aryl methyl sites for hydroxylation is 1. The zero-order valence-electron chi connectivity index (χ0n) is 11.4. The molecule has 0 aliphatic rings. The number of rotatable bonds is 8. The quantitative estimate of drug-likeness (QED) is 0.700. The summed E-state index contributed by atoms with van der Waals surface area (Å²) >= 11 is 0. The summed E-state index contributed by atoms with van der Waals surface area (Å²) in [6, 6.07) is 4.10. The van der Waals surface area contributed by atoms with Crippen LogP contribution in [0.3, 0.4) is 0 Å². The second-order valence-corrected chi connectivity index (χ2v) is 4.38. The smallest absolute Gasteiger partial charge is 0.0570 e. The molecule has 0 aliphatic carbocycles. The number of hydrogen-bond donors (Lipinski definition) is 1. The topological polar surface area (TPSA) is 28.2 Å². The minimum Gasteiger partial charge on any atom is -0.310 e. The van der Waals surface area contributed by atoms with E-state index in [0.717, 1.165) is 31.9 Å². The van der Waals surface area contributed by atoms with E-state index in [9.17, 15) is 0 Å². The monoisotopic (exact) mass is 235 g/mol. The van der Waals surface area contributed by atoms with Crippen molar-refractivity contribution in [3.8, 4) is 0 Å². The van der Waals surface area contributed by atoms with E-state index in [1.54, 1.807) is 0 Å². The van der Waals surface area contributed by atoms with Gasteiger partial charge in [0.15, 0.2) is 0 Å². The van der Waals surface area contributed by atoms with Gasteiger partial charge in [-0.2, -0.15) is 0 Å². The molecule has 0 spiro atoms. The average Bonchev–Trinajstić information content (AvgIpc) is 2.35. The maximum Gasteiger partial charge on any atom is 0.0570 e. The normalized spacial score (nSPS) is 11.1. The van der Waals surface area contributed by atoms with Crippen LogP contribution < -0.4 is 5.32 Å². The van der Waals surface area contributed by atoms with Gasteiger partial charge in [-0.25, -0.2) is 0 Å². The maximum atomic E-state index is 4.38. The molecule has 1 N–H and O–H groups in total. The van der Waals surface area contributed by atoms with E-state index in [1.807, 2.05) is 12.3 Å². The highest BCUT2D eigenvalue weighted by molar-refractivity contribution is 5.17. The summed E-state index contributed by atoms with van der Waals surface area (Å²) in [7, 11) is 0. The van der Waals surface area contributed by atoms with Gasteiger partial charge in [0.2, 0.25) is 0 Å². The standard InChI is InChI=1S/C14H25N3/c1-4-10-17(5-2)11-9-15-12-14-13(3)7-6-8-16-14/h6-8,15H,4-5,9-12H2,1-3H3. The molecule has 0 radical (unpaired) electrons. The Balaban J connectivity index is 2.22. The summed E-state index contributed by atoms with van der Waals surface area (Å²) in [5.74, 6) is 0. The fraction of sp³-hybridized carbons (Fsp3) is 0.643. The third-order valence-electron chi connectivity index (χ3n) is 3.00. The third-order valence-corrected chi connectivity index (χ3v) is 3.00. The van der Waals surface area contributed by atoms with Gasteiger partial charge < -0.3 is 10.2 Å². The highest BCUT2D eigenvalue weighted by Crippen LogP contribution is 2.01. The molecule has 0 aliphatic heterocycles. The SMILES string of the molecule is CCCN(CC)CCNCc1ncccc1C. The van der Waals surface area contributed by atoms with Gasteiger partial charge in [-0.1, -0.05) is 19.9 Å². The van der Waals surface area contributed by atoms with Gasteiger partial charge in [-0.15, -0.1) is 0 Å². The fourth-order valence-corrected chi connectivity index (χ4v) is 1.89. The van der Waals surface area contributed by atoms with Crippen molar-refractivity contribution in [1.29, 1.82) is 0 Å². The molecule has 17 heavy (non-hydrogen) atoms. The van der Waals surface area contributed by atoms with Crippen molar-refractivity contribution in [2.24, 2.45) is 0 Å². The van der Waals surface area contributed by atoms with Gasteiger partial charge in [-0.05, 0) is 38.1 Å². The zero-order valence-corrected chi connectivity index (χ0v) is 11.4. The van der Waals surface area contributed by atoms with E-state index < -0.39 is 0 Å². The minimum absolute atomic E-state index is 0.871. The van der Waals surface area contributed by atoms with Crippen LogP contribution in [-0.2, 0) is 6.54 Å². The molecule has 0 aromatic carbocycles. The second kappa shape index (κ2) is 8.20. The number of pyridine rings is 1. The van der Waals surface area contributed by atoms with Crippen molar-refractivity contribution in [3.63, 3.8) is 0 Å². The fourth-order valence-electron chi connectivity index (χ4n) is 1.89. The Kier molecular flexibility index (Phi) is 6.82. The van der Waals surface area contributed by atoms with E-state index in [-0.39, 0.29) is 0 Å². The Morgan fingerprint density at radius 3 is 2.76 bits per heavy atom. The van der Waals surface area contributed by atoms with Crippen LogP contribution in [0.1, 0.15) is 31.5 Å². The first-order valence-corrected chi connectivity index (χ1v) is 6.61. The Labute approximate surface area is 105 Å². The second-order valence-electron chi connectivity index (χ2n) is 4.38. The lowest BCUT2D eigenvalue weighted by Crippen LogP contribution is -2.32. The van der Waals surface area contributed by atoms with Crippen molar-refractivity contribution < 1.29 is 0 Å². The first-order chi connectivity index (χ1) is 8.27. The van der Waals surface area contributed by atoms with Crippen LogP contribution in [0, 0.1) is 6.92 Å². The lowest BCUT2D eigenvalue weighted by Gasteiger charge is -2.19. The van der Waals surface area contributed by atoms with Crippen LogP contribution in [0.25, 0.3) is 0 Å². The molecule has 1 heterocycles. The third kappa shape index (κ3) is 5.29. The van der Waals surface area contributed by atoms with Crippen LogP contribution in [0.4, 0.5) is 0 Å². The van der Waals surface area contributed by atoms with Crippen molar-refractivity contribution in [2.75, 3.05) is 26.2 Å². The molecule has 0 atom stereocenters. The molecule has 0 saturated heterocycles. The molecule has 0 amide bonds. The van der Waals surface area contributed by atoms with Gasteiger partial charge in [0.25, 0.3) is 0 Å². The molecule has 0 saturated carbocycles. The molecule has 0 bridgehead atoms. The van der Waals surface area contributed by atoms with E-state index in [4.69, 9.17) is 0 Å². The Morgan fingerprint density at radius 1 is 1.29 bits per heavy atom. The van der Waals surface area contributed by atoms with E-state index in [2.05, 4.69) is 42.0 Å². The lowest BCUT2D eigenvalue weighted by molar-refractivity contribution is 0.287. The minimum atomic E-state index is 0.871. The lowest BCUT2D eigenvalue weighted by atomic mass is 10.2. The van der Waals surface area contributed by atoms with Crippen LogP contribution in [0.2, 0.25) is 0 Å². The summed E-state index contributed by atoms with van der Waals surface area (Å²) in [4.78, 5) is 6.85. The number of hydrogen-bond acceptors (Lipinski definition) is 3. The molecule has 0 unspecified atom stereocenters. The molecule has 3 heteroatoms. The molecule has 1 aromatic heterocycles. The summed E-state index contributed by atoms with van der Waals surface area (Å²) in [5.41, 5.74) is 2.42. The molecule has 1 aromatic rings. The van der Waals surface area contributed by atoms with Crippen molar-refractivity contribution in [1.82, 2.24) is 15.2 Å². The number of nitrogens with zero attached hydrogens (tertiary/aromatic N) is 2. The predicted octanol–water partition coefficient (Wildman–Crippen LogP) is 2.21. The van der Waals surface area contributed by atoms with Crippen molar-refractivity contribution in [2.45, 2.75) is 33.7 Å². The van der Waals surface area contributed by atoms with Crippen LogP contribution in [0.5, 0.6) is 0 Å². The van der Waals surface area contributed by atoms with Crippen LogP contribution >= 0.6 is 0 Å². The van der Waals surface area contributed by atoms with Crippen LogP contribution in [0.15, 0.2) is 18.3 Å². The summed E-state index contributed by atoms with van der Waals surface area (Å²) in [5, 5.41) is 3.46. The molecular weight excluding hydrogens is 210 g/mol. The van der Waals surface area contributed by atoms with E-state index >= 15 is 0 Å². The summed E-state index contributed by atoms with van der Waals surface area (Å²) in [6.07, 6.45) is 3.09. The highest BCUT2D eigenvalue weighted by Gasteiger charge is 2.01. The largest absolute Gasteiger partial charge is 0.310 e. The molecule has 0 fully saturated rings. The maximum absolute atomic E-state index is 4.38. The number of likely N-dealkylation sites (N-methyl/N-ethyl adjacent to an activating group) is 1. The molecule has 96 valence electrons. The van der Waals surface area contributed by atoms with Gasteiger partial charge >= 0.3 is 0 Å². The van der Waals surface area contributed by atoms with Gasteiger partial charge in [0.1, 0.15) is 0 Å². The Hall–Kier alpha value is -0.930.